The van der Waals surface area contributed by atoms with E-state index in [-0.39, 0.29) is 5.91 Å². The number of carbonyl (C=O) groups is 1. The van der Waals surface area contributed by atoms with Gasteiger partial charge in [0.2, 0.25) is 5.91 Å². The normalized spacial score (nSPS) is 16.9. The number of thioether (sulfide) groups is 1. The number of rotatable bonds is 2. The van der Waals surface area contributed by atoms with Gasteiger partial charge in [-0.1, -0.05) is 47.7 Å². The van der Waals surface area contributed by atoms with Crippen molar-refractivity contribution in [1.82, 2.24) is 0 Å². The molecule has 20 heavy (non-hydrogen) atoms. The summed E-state index contributed by atoms with van der Waals surface area (Å²) < 4.78 is 0. The lowest BCUT2D eigenvalue weighted by Crippen LogP contribution is -2.28. The number of carbonyl (C=O) groups excluding carboxylic acids is 1. The molecule has 0 bridgehead atoms. The van der Waals surface area contributed by atoms with Crippen molar-refractivity contribution in [3.8, 4) is 0 Å². The van der Waals surface area contributed by atoms with Crippen molar-refractivity contribution >= 4 is 34.2 Å². The van der Waals surface area contributed by atoms with E-state index in [1.54, 1.807) is 4.90 Å². The molecule has 0 radical (unpaired) electrons. The van der Waals surface area contributed by atoms with Crippen LogP contribution in [0.1, 0.15) is 5.56 Å². The van der Waals surface area contributed by atoms with Crippen molar-refractivity contribution in [2.24, 2.45) is 4.99 Å². The molecular weight excluding hydrogens is 268 g/mol. The number of anilines is 1. The number of benzene rings is 2. The molecule has 3 nitrogen and oxygen atoms in total. The van der Waals surface area contributed by atoms with Crippen LogP contribution in [0.5, 0.6) is 0 Å². The number of aryl methyl sites for hydroxylation is 1. The summed E-state index contributed by atoms with van der Waals surface area (Å²) in [5, 5.41) is 0.741. The quantitative estimate of drug-likeness (QED) is 0.840. The Hall–Kier alpha value is -2.07. The fraction of sp³-hybridized carbons (Fsp3) is 0.125. The summed E-state index contributed by atoms with van der Waals surface area (Å²) in [5.74, 6) is 0.520. The molecule has 100 valence electrons. The number of hydrogen-bond donors (Lipinski definition) is 0. The van der Waals surface area contributed by atoms with Crippen LogP contribution in [0.15, 0.2) is 59.6 Å². The smallest absolute Gasteiger partial charge is 0.243 e. The van der Waals surface area contributed by atoms with Crippen molar-refractivity contribution < 1.29 is 4.79 Å². The molecular formula is C16H14N2OS. The molecule has 1 aliphatic heterocycles. The second kappa shape index (κ2) is 5.51. The molecule has 0 aromatic heterocycles. The third-order valence-electron chi connectivity index (χ3n) is 3.04. The highest BCUT2D eigenvalue weighted by Gasteiger charge is 2.29. The number of amides is 1. The lowest BCUT2D eigenvalue weighted by molar-refractivity contribution is -0.115. The molecule has 0 spiro atoms. The lowest BCUT2D eigenvalue weighted by Gasteiger charge is -2.15. The van der Waals surface area contributed by atoms with Crippen molar-refractivity contribution in [3.63, 3.8) is 0 Å². The Morgan fingerprint density at radius 3 is 2.45 bits per heavy atom. The van der Waals surface area contributed by atoms with Gasteiger partial charge in [0.25, 0.3) is 0 Å². The minimum atomic E-state index is 0.0760. The summed E-state index contributed by atoms with van der Waals surface area (Å²) in [4.78, 5) is 18.3. The van der Waals surface area contributed by atoms with Crippen LogP contribution in [-0.2, 0) is 4.79 Å². The third-order valence-corrected chi connectivity index (χ3v) is 3.96. The van der Waals surface area contributed by atoms with E-state index in [4.69, 9.17) is 0 Å². The van der Waals surface area contributed by atoms with Gasteiger partial charge in [-0.05, 0) is 31.2 Å². The number of aliphatic imine (C=N–C) groups is 1. The molecule has 2 aromatic rings. The van der Waals surface area contributed by atoms with E-state index in [1.807, 2.05) is 61.5 Å². The average Bonchev–Trinajstić information content (AvgIpc) is 2.83. The third kappa shape index (κ3) is 2.60. The Morgan fingerprint density at radius 2 is 1.75 bits per heavy atom. The lowest BCUT2D eigenvalue weighted by atomic mass is 10.2. The van der Waals surface area contributed by atoms with Gasteiger partial charge in [0, 0.05) is 0 Å². The van der Waals surface area contributed by atoms with Crippen LogP contribution in [0.3, 0.4) is 0 Å². The average molecular weight is 282 g/mol. The second-order valence-corrected chi connectivity index (χ2v) is 5.53. The Kier molecular flexibility index (Phi) is 3.56. The fourth-order valence-corrected chi connectivity index (χ4v) is 2.89. The van der Waals surface area contributed by atoms with Gasteiger partial charge < -0.3 is 0 Å². The van der Waals surface area contributed by atoms with Gasteiger partial charge in [-0.25, -0.2) is 4.99 Å². The fourth-order valence-electron chi connectivity index (χ4n) is 2.01. The predicted octanol–water partition coefficient (Wildman–Crippen LogP) is 3.76. The predicted molar refractivity (Wildman–Crippen MR) is 84.7 cm³/mol. The molecule has 1 heterocycles. The maximum absolute atomic E-state index is 12.1. The first-order valence-electron chi connectivity index (χ1n) is 6.40. The van der Waals surface area contributed by atoms with Gasteiger partial charge in [-0.3, -0.25) is 9.69 Å². The molecule has 2 aromatic carbocycles. The highest BCUT2D eigenvalue weighted by molar-refractivity contribution is 8.15. The first-order chi connectivity index (χ1) is 9.74. The Labute approximate surface area is 122 Å². The minimum absolute atomic E-state index is 0.0760. The van der Waals surface area contributed by atoms with Crippen LogP contribution in [0.2, 0.25) is 0 Å². The van der Waals surface area contributed by atoms with Gasteiger partial charge in [-0.2, -0.15) is 0 Å². The van der Waals surface area contributed by atoms with E-state index in [0.717, 1.165) is 16.5 Å². The number of amidine groups is 1. The summed E-state index contributed by atoms with van der Waals surface area (Å²) in [5.41, 5.74) is 2.94. The van der Waals surface area contributed by atoms with Gasteiger partial charge in [0.1, 0.15) is 0 Å². The monoisotopic (exact) mass is 282 g/mol. The van der Waals surface area contributed by atoms with Gasteiger partial charge in [-0.15, -0.1) is 0 Å². The summed E-state index contributed by atoms with van der Waals surface area (Å²) >= 11 is 1.48. The summed E-state index contributed by atoms with van der Waals surface area (Å²) in [7, 11) is 0. The van der Waals surface area contributed by atoms with Crippen molar-refractivity contribution in [2.45, 2.75) is 6.92 Å². The Bertz CT molecular complexity index is 650. The molecule has 1 aliphatic rings. The van der Waals surface area contributed by atoms with E-state index in [0.29, 0.717) is 5.75 Å². The molecule has 4 heteroatoms. The van der Waals surface area contributed by atoms with Crippen LogP contribution < -0.4 is 4.90 Å². The van der Waals surface area contributed by atoms with Crippen LogP contribution in [-0.4, -0.2) is 16.8 Å². The topological polar surface area (TPSA) is 32.7 Å². The first-order valence-corrected chi connectivity index (χ1v) is 7.39. The van der Waals surface area contributed by atoms with E-state index in [9.17, 15) is 4.79 Å². The highest BCUT2D eigenvalue weighted by atomic mass is 32.2. The van der Waals surface area contributed by atoms with E-state index < -0.39 is 0 Å². The largest absolute Gasteiger partial charge is 0.273 e. The standard InChI is InChI=1S/C16H14N2OS/c1-12-7-9-13(10-8-12)17-16-18(15(19)11-20-16)14-5-3-2-4-6-14/h2-10H,11H2,1H3. The van der Waals surface area contributed by atoms with Crippen molar-refractivity contribution in [3.05, 3.63) is 60.2 Å². The zero-order chi connectivity index (χ0) is 13.9. The maximum Gasteiger partial charge on any atom is 0.243 e. The maximum atomic E-state index is 12.1. The summed E-state index contributed by atoms with van der Waals surface area (Å²) in [6.07, 6.45) is 0. The SMILES string of the molecule is Cc1ccc(N=C2SCC(=O)N2c2ccccc2)cc1. The van der Waals surface area contributed by atoms with Crippen LogP contribution in [0.4, 0.5) is 11.4 Å². The van der Waals surface area contributed by atoms with E-state index in [1.165, 1.54) is 17.3 Å². The Morgan fingerprint density at radius 1 is 1.05 bits per heavy atom. The van der Waals surface area contributed by atoms with E-state index >= 15 is 0 Å². The zero-order valence-corrected chi connectivity index (χ0v) is 11.9. The zero-order valence-electron chi connectivity index (χ0n) is 11.1. The van der Waals surface area contributed by atoms with Crippen molar-refractivity contribution in [2.75, 3.05) is 10.7 Å². The van der Waals surface area contributed by atoms with Crippen LogP contribution >= 0.6 is 11.8 Å². The number of nitrogens with zero attached hydrogens (tertiary/aromatic N) is 2. The number of hydrogen-bond acceptors (Lipinski definition) is 3. The van der Waals surface area contributed by atoms with Crippen LogP contribution in [0.25, 0.3) is 0 Å². The molecule has 0 atom stereocenters. The summed E-state index contributed by atoms with van der Waals surface area (Å²) in [6.45, 7) is 2.04. The summed E-state index contributed by atoms with van der Waals surface area (Å²) in [6, 6.07) is 17.6. The first kappa shape index (κ1) is 12.9. The molecule has 0 saturated carbocycles. The van der Waals surface area contributed by atoms with Gasteiger partial charge in [0.15, 0.2) is 5.17 Å². The molecule has 1 fully saturated rings. The number of para-hydroxylation sites is 1. The van der Waals surface area contributed by atoms with E-state index in [2.05, 4.69) is 4.99 Å². The van der Waals surface area contributed by atoms with Gasteiger partial charge in [0.05, 0.1) is 17.1 Å². The molecule has 0 aliphatic carbocycles. The molecule has 3 rings (SSSR count). The molecule has 1 saturated heterocycles. The minimum Gasteiger partial charge on any atom is -0.273 e. The van der Waals surface area contributed by atoms with Gasteiger partial charge >= 0.3 is 0 Å². The molecule has 0 unspecified atom stereocenters. The Balaban J connectivity index is 1.96. The van der Waals surface area contributed by atoms with Crippen molar-refractivity contribution in [1.29, 1.82) is 0 Å². The second-order valence-electron chi connectivity index (χ2n) is 4.58. The highest BCUT2D eigenvalue weighted by Crippen LogP contribution is 2.28. The van der Waals surface area contributed by atoms with Crippen LogP contribution in [0, 0.1) is 6.92 Å². The molecule has 0 N–H and O–H groups in total. The molecule has 1 amide bonds.